The first-order valence-corrected chi connectivity index (χ1v) is 13.9. The molecule has 1 heterocycles. The van der Waals surface area contributed by atoms with Gasteiger partial charge in [0.25, 0.3) is 0 Å². The van der Waals surface area contributed by atoms with Crippen molar-refractivity contribution in [3.63, 3.8) is 0 Å². The van der Waals surface area contributed by atoms with Crippen LogP contribution in [0.1, 0.15) is 88.7 Å². The fourth-order valence-corrected chi connectivity index (χ4v) is 4.70. The van der Waals surface area contributed by atoms with Crippen LogP contribution >= 0.6 is 12.2 Å². The summed E-state index contributed by atoms with van der Waals surface area (Å²) >= 11 is 5.43. The van der Waals surface area contributed by atoms with E-state index in [4.69, 9.17) is 17.0 Å². The van der Waals surface area contributed by atoms with Gasteiger partial charge in [0, 0.05) is 13.1 Å². The van der Waals surface area contributed by atoms with Crippen molar-refractivity contribution in [3.8, 4) is 0 Å². The van der Waals surface area contributed by atoms with E-state index in [1.165, 1.54) is 44.9 Å². The molecule has 2 rings (SSSR count). The number of piperazine rings is 1. The molecular formula is C28H43N3O4S. The molecule has 1 fully saturated rings. The number of rotatable bonds is 15. The molecule has 36 heavy (non-hydrogen) atoms. The Morgan fingerprint density at radius 2 is 1.69 bits per heavy atom. The minimum absolute atomic E-state index is 0.0998. The number of esters is 1. The van der Waals surface area contributed by atoms with E-state index in [-0.39, 0.29) is 29.8 Å². The van der Waals surface area contributed by atoms with Crippen molar-refractivity contribution in [2.75, 3.05) is 19.7 Å². The number of nitrogens with zero attached hydrogens (tertiary/aromatic N) is 1. The van der Waals surface area contributed by atoms with E-state index in [1.807, 2.05) is 31.2 Å². The highest BCUT2D eigenvalue weighted by Gasteiger charge is 2.34. The maximum atomic E-state index is 12.5. The highest BCUT2D eigenvalue weighted by molar-refractivity contribution is 7.80. The number of nitrogens with one attached hydrogen (secondary N) is 2. The van der Waals surface area contributed by atoms with Crippen LogP contribution in [0.4, 0.5) is 0 Å². The normalized spacial score (nSPS) is 15.3. The number of thiocarbonyl (C=S) groups is 1. The molecule has 1 aliphatic heterocycles. The fraction of sp³-hybridized carbons (Fsp3) is 0.643. The second kappa shape index (κ2) is 17.1. The molecule has 1 atom stereocenters. The highest BCUT2D eigenvalue weighted by atomic mass is 32.1. The van der Waals surface area contributed by atoms with Crippen LogP contribution in [0.15, 0.2) is 24.3 Å². The molecule has 7 nitrogen and oxygen atoms in total. The van der Waals surface area contributed by atoms with Crippen LogP contribution in [0, 0.1) is 6.92 Å². The Kier molecular flexibility index (Phi) is 14.1. The zero-order valence-corrected chi connectivity index (χ0v) is 22.8. The van der Waals surface area contributed by atoms with Crippen molar-refractivity contribution >= 4 is 35.1 Å². The quantitative estimate of drug-likeness (QED) is 0.201. The van der Waals surface area contributed by atoms with Gasteiger partial charge in [-0.3, -0.25) is 14.4 Å². The number of aryl methyl sites for hydroxylation is 1. The predicted octanol–water partition coefficient (Wildman–Crippen LogP) is 4.59. The van der Waals surface area contributed by atoms with Gasteiger partial charge in [0.05, 0.1) is 19.4 Å². The second-order valence-corrected chi connectivity index (χ2v) is 9.95. The number of carbonyl (C=O) groups is 3. The lowest BCUT2D eigenvalue weighted by Crippen LogP contribution is -2.60. The van der Waals surface area contributed by atoms with Gasteiger partial charge in [0.1, 0.15) is 6.04 Å². The fourth-order valence-electron chi connectivity index (χ4n) is 4.37. The standard InChI is InChI=1S/C28H43N3O4S/c1-3-4-5-6-7-8-9-10-11-14-19-35-26(33)21-24-27(34)29-17-18-31(24)28(36)30-25(32)20-23-16-13-12-15-22(23)2/h12-13,15-16,24H,3-11,14,17-21H2,1-2H3,(H,29,34)(H,30,32,36). The molecule has 0 aromatic heterocycles. The Morgan fingerprint density at radius 1 is 1.06 bits per heavy atom. The van der Waals surface area contributed by atoms with Gasteiger partial charge in [-0.05, 0) is 36.7 Å². The Balaban J connectivity index is 1.69. The molecule has 0 aliphatic carbocycles. The summed E-state index contributed by atoms with van der Waals surface area (Å²) in [5, 5.41) is 5.66. The Bertz CT molecular complexity index is 861. The summed E-state index contributed by atoms with van der Waals surface area (Å²) in [5.74, 6) is -0.956. The summed E-state index contributed by atoms with van der Waals surface area (Å²) in [6.07, 6.45) is 12.2. The van der Waals surface area contributed by atoms with Gasteiger partial charge in [-0.2, -0.15) is 0 Å². The average Bonchev–Trinajstić information content (AvgIpc) is 2.85. The van der Waals surface area contributed by atoms with Gasteiger partial charge in [-0.25, -0.2) is 0 Å². The third-order valence-electron chi connectivity index (χ3n) is 6.57. The number of unbranched alkanes of at least 4 members (excludes halogenated alkanes) is 9. The Labute approximate surface area is 221 Å². The third kappa shape index (κ3) is 11.1. The zero-order chi connectivity index (χ0) is 26.2. The van der Waals surface area contributed by atoms with Crippen LogP contribution in [0.2, 0.25) is 0 Å². The number of hydrogen-bond donors (Lipinski definition) is 2. The number of carbonyl (C=O) groups excluding carboxylic acids is 3. The van der Waals surface area contributed by atoms with Crippen molar-refractivity contribution in [2.45, 2.75) is 96.9 Å². The minimum atomic E-state index is -0.787. The van der Waals surface area contributed by atoms with Gasteiger partial charge < -0.3 is 20.3 Å². The molecule has 200 valence electrons. The van der Waals surface area contributed by atoms with E-state index < -0.39 is 12.0 Å². The first-order chi connectivity index (χ1) is 17.4. The topological polar surface area (TPSA) is 87.7 Å². The number of benzene rings is 1. The molecule has 0 radical (unpaired) electrons. The van der Waals surface area contributed by atoms with E-state index in [0.29, 0.717) is 19.7 Å². The van der Waals surface area contributed by atoms with Crippen molar-refractivity contribution in [1.29, 1.82) is 0 Å². The van der Waals surface area contributed by atoms with Crippen molar-refractivity contribution in [2.24, 2.45) is 0 Å². The second-order valence-electron chi connectivity index (χ2n) is 9.56. The van der Waals surface area contributed by atoms with E-state index in [9.17, 15) is 14.4 Å². The Hall–Kier alpha value is -2.48. The zero-order valence-electron chi connectivity index (χ0n) is 22.0. The monoisotopic (exact) mass is 517 g/mol. The molecule has 0 saturated carbocycles. The predicted molar refractivity (Wildman–Crippen MR) is 147 cm³/mol. The van der Waals surface area contributed by atoms with Gasteiger partial charge >= 0.3 is 5.97 Å². The lowest BCUT2D eigenvalue weighted by Gasteiger charge is -2.36. The van der Waals surface area contributed by atoms with Crippen LogP contribution in [0.5, 0.6) is 0 Å². The largest absolute Gasteiger partial charge is 0.466 e. The third-order valence-corrected chi connectivity index (χ3v) is 6.91. The molecule has 8 heteroatoms. The van der Waals surface area contributed by atoms with Crippen LogP contribution < -0.4 is 10.6 Å². The first-order valence-electron chi connectivity index (χ1n) is 13.5. The van der Waals surface area contributed by atoms with Crippen LogP contribution in [0.3, 0.4) is 0 Å². The van der Waals surface area contributed by atoms with Crippen molar-refractivity contribution in [3.05, 3.63) is 35.4 Å². The summed E-state index contributed by atoms with van der Waals surface area (Å²) in [4.78, 5) is 39.1. The summed E-state index contributed by atoms with van der Waals surface area (Å²) in [5.41, 5.74) is 1.94. The summed E-state index contributed by atoms with van der Waals surface area (Å²) < 4.78 is 5.39. The molecule has 1 aromatic carbocycles. The molecule has 1 aliphatic rings. The molecule has 2 N–H and O–H groups in total. The first kappa shape index (κ1) is 29.7. The van der Waals surface area contributed by atoms with Crippen LogP contribution in [-0.4, -0.2) is 53.5 Å². The van der Waals surface area contributed by atoms with E-state index in [2.05, 4.69) is 17.6 Å². The number of ether oxygens (including phenoxy) is 1. The van der Waals surface area contributed by atoms with E-state index in [0.717, 1.165) is 30.4 Å². The lowest BCUT2D eigenvalue weighted by molar-refractivity contribution is -0.147. The van der Waals surface area contributed by atoms with Gasteiger partial charge in [-0.1, -0.05) is 89.0 Å². The average molecular weight is 518 g/mol. The SMILES string of the molecule is CCCCCCCCCCCCOC(=O)CC1C(=O)NCCN1C(=S)NC(=O)Cc1ccccc1C. The summed E-state index contributed by atoms with van der Waals surface area (Å²) in [6, 6.07) is 6.88. The van der Waals surface area contributed by atoms with Crippen molar-refractivity contribution in [1.82, 2.24) is 15.5 Å². The highest BCUT2D eigenvalue weighted by Crippen LogP contribution is 2.13. The molecular weight excluding hydrogens is 474 g/mol. The molecule has 1 saturated heterocycles. The number of amides is 2. The smallest absolute Gasteiger partial charge is 0.308 e. The molecule has 1 unspecified atom stereocenters. The van der Waals surface area contributed by atoms with E-state index >= 15 is 0 Å². The van der Waals surface area contributed by atoms with Crippen LogP contribution in [-0.2, 0) is 25.5 Å². The molecule has 2 amide bonds. The molecule has 1 aromatic rings. The van der Waals surface area contributed by atoms with Gasteiger partial charge in [-0.15, -0.1) is 0 Å². The molecule has 0 spiro atoms. The van der Waals surface area contributed by atoms with Gasteiger partial charge in [0.15, 0.2) is 5.11 Å². The maximum Gasteiger partial charge on any atom is 0.308 e. The lowest BCUT2D eigenvalue weighted by atomic mass is 10.1. The Morgan fingerprint density at radius 3 is 2.36 bits per heavy atom. The number of hydrogen-bond acceptors (Lipinski definition) is 5. The maximum absolute atomic E-state index is 12.5. The van der Waals surface area contributed by atoms with Gasteiger partial charge in [0.2, 0.25) is 11.8 Å². The minimum Gasteiger partial charge on any atom is -0.466 e. The van der Waals surface area contributed by atoms with E-state index in [1.54, 1.807) is 4.90 Å². The molecule has 0 bridgehead atoms. The van der Waals surface area contributed by atoms with Crippen LogP contribution in [0.25, 0.3) is 0 Å². The van der Waals surface area contributed by atoms with Crippen molar-refractivity contribution < 1.29 is 19.1 Å². The summed E-state index contributed by atoms with van der Waals surface area (Å²) in [7, 11) is 0. The summed E-state index contributed by atoms with van der Waals surface area (Å²) in [6.45, 7) is 5.37.